The Kier molecular flexibility index (Phi) is 4.32. The van der Waals surface area contributed by atoms with Gasteiger partial charge in [-0.1, -0.05) is 6.92 Å². The highest BCUT2D eigenvalue weighted by molar-refractivity contribution is 7.09. The number of rotatable bonds is 4. The lowest BCUT2D eigenvalue weighted by atomic mass is 9.89. The lowest BCUT2D eigenvalue weighted by Crippen LogP contribution is -2.41. The molecule has 0 aliphatic carbocycles. The first-order chi connectivity index (χ1) is 7.86. The second-order valence-corrected chi connectivity index (χ2v) is 5.33. The molecule has 1 saturated heterocycles. The van der Waals surface area contributed by atoms with Crippen LogP contribution in [0.3, 0.4) is 0 Å². The quantitative estimate of drug-likeness (QED) is 0.872. The fourth-order valence-corrected chi connectivity index (χ4v) is 3.58. The highest BCUT2D eigenvalue weighted by atomic mass is 32.1. The summed E-state index contributed by atoms with van der Waals surface area (Å²) in [5.74, 6) is 0.713. The summed E-state index contributed by atoms with van der Waals surface area (Å²) in [5, 5.41) is 6.71. The smallest absolute Gasteiger partial charge is 0.110 e. The average molecular weight is 239 g/mol. The summed E-state index contributed by atoms with van der Waals surface area (Å²) >= 11 is 1.80. The summed E-state index contributed by atoms with van der Waals surface area (Å²) in [5.41, 5.74) is 0. The molecule has 0 spiro atoms. The number of hydrogen-bond acceptors (Lipinski definition) is 4. The van der Waals surface area contributed by atoms with Crippen LogP contribution in [0.1, 0.15) is 30.8 Å². The Balaban J connectivity index is 2.17. The zero-order chi connectivity index (χ0) is 11.4. The van der Waals surface area contributed by atoms with Gasteiger partial charge in [-0.05, 0) is 45.4 Å². The van der Waals surface area contributed by atoms with E-state index in [4.69, 9.17) is 0 Å². The SMILES string of the molecule is CCN1CCCC(CNC)C1c1nccs1. The van der Waals surface area contributed by atoms with Crippen molar-refractivity contribution in [2.45, 2.75) is 25.8 Å². The van der Waals surface area contributed by atoms with E-state index in [1.807, 2.05) is 13.2 Å². The van der Waals surface area contributed by atoms with Crippen LogP contribution >= 0.6 is 11.3 Å². The van der Waals surface area contributed by atoms with Crippen LogP contribution in [-0.4, -0.2) is 36.6 Å². The van der Waals surface area contributed by atoms with E-state index in [0.717, 1.165) is 13.1 Å². The third kappa shape index (κ3) is 2.44. The standard InChI is InChI=1S/C12H21N3S/c1-3-15-7-4-5-10(9-13-2)11(15)12-14-6-8-16-12/h6,8,10-11,13H,3-5,7,9H2,1-2H3. The number of thiazole rings is 1. The van der Waals surface area contributed by atoms with Gasteiger partial charge in [0.2, 0.25) is 0 Å². The van der Waals surface area contributed by atoms with Crippen molar-refractivity contribution in [3.8, 4) is 0 Å². The third-order valence-corrected chi connectivity index (χ3v) is 4.28. The van der Waals surface area contributed by atoms with Crippen molar-refractivity contribution in [3.05, 3.63) is 16.6 Å². The van der Waals surface area contributed by atoms with Gasteiger partial charge in [0.1, 0.15) is 5.01 Å². The van der Waals surface area contributed by atoms with Crippen LogP contribution in [0.25, 0.3) is 0 Å². The van der Waals surface area contributed by atoms with E-state index in [0.29, 0.717) is 12.0 Å². The van der Waals surface area contributed by atoms with Crippen LogP contribution in [0, 0.1) is 5.92 Å². The molecule has 90 valence electrons. The Morgan fingerprint density at radius 2 is 2.50 bits per heavy atom. The van der Waals surface area contributed by atoms with Crippen molar-refractivity contribution < 1.29 is 0 Å². The topological polar surface area (TPSA) is 28.2 Å². The molecule has 1 aromatic rings. The molecule has 3 nitrogen and oxygen atoms in total. The lowest BCUT2D eigenvalue weighted by Gasteiger charge is -2.39. The molecule has 2 rings (SSSR count). The first kappa shape index (κ1) is 12.0. The average Bonchev–Trinajstić information content (AvgIpc) is 2.82. The maximum Gasteiger partial charge on any atom is 0.110 e. The van der Waals surface area contributed by atoms with Gasteiger partial charge < -0.3 is 5.32 Å². The number of hydrogen-bond donors (Lipinski definition) is 1. The zero-order valence-electron chi connectivity index (χ0n) is 10.1. The van der Waals surface area contributed by atoms with Gasteiger partial charge in [-0.2, -0.15) is 0 Å². The lowest BCUT2D eigenvalue weighted by molar-refractivity contribution is 0.0980. The highest BCUT2D eigenvalue weighted by Gasteiger charge is 2.32. The molecule has 1 aliphatic heterocycles. The summed E-state index contributed by atoms with van der Waals surface area (Å²) in [6, 6.07) is 0.534. The van der Waals surface area contributed by atoms with Crippen LogP contribution in [-0.2, 0) is 0 Å². The van der Waals surface area contributed by atoms with Gasteiger partial charge >= 0.3 is 0 Å². The van der Waals surface area contributed by atoms with E-state index in [1.165, 1.54) is 24.4 Å². The molecular weight excluding hydrogens is 218 g/mol. The van der Waals surface area contributed by atoms with E-state index < -0.39 is 0 Å². The van der Waals surface area contributed by atoms with Crippen molar-refractivity contribution in [2.24, 2.45) is 5.92 Å². The number of aromatic nitrogens is 1. The Morgan fingerprint density at radius 1 is 1.62 bits per heavy atom. The number of nitrogens with one attached hydrogen (secondary N) is 1. The second kappa shape index (κ2) is 5.75. The van der Waals surface area contributed by atoms with Gasteiger partial charge in [-0.25, -0.2) is 4.98 Å². The second-order valence-electron chi connectivity index (χ2n) is 4.40. The van der Waals surface area contributed by atoms with Crippen molar-refractivity contribution in [3.63, 3.8) is 0 Å². The molecule has 2 heterocycles. The molecule has 1 aromatic heterocycles. The molecular formula is C12H21N3S. The predicted octanol–water partition coefficient (Wildman–Crippen LogP) is 2.14. The summed E-state index contributed by atoms with van der Waals surface area (Å²) in [4.78, 5) is 7.09. The van der Waals surface area contributed by atoms with E-state index in [9.17, 15) is 0 Å². The normalized spacial score (nSPS) is 27.1. The van der Waals surface area contributed by atoms with E-state index in [2.05, 4.69) is 27.5 Å². The van der Waals surface area contributed by atoms with Gasteiger partial charge in [0, 0.05) is 11.6 Å². The molecule has 0 saturated carbocycles. The van der Waals surface area contributed by atoms with E-state index in [-0.39, 0.29) is 0 Å². The van der Waals surface area contributed by atoms with Gasteiger partial charge in [-0.15, -0.1) is 11.3 Å². The molecule has 0 aromatic carbocycles. The van der Waals surface area contributed by atoms with Crippen molar-refractivity contribution in [1.29, 1.82) is 0 Å². The van der Waals surface area contributed by atoms with Crippen molar-refractivity contribution >= 4 is 11.3 Å². The van der Waals surface area contributed by atoms with Crippen molar-refractivity contribution in [2.75, 3.05) is 26.7 Å². The highest BCUT2D eigenvalue weighted by Crippen LogP contribution is 2.36. The minimum Gasteiger partial charge on any atom is -0.319 e. The first-order valence-electron chi connectivity index (χ1n) is 6.14. The van der Waals surface area contributed by atoms with Crippen LogP contribution in [0.2, 0.25) is 0 Å². The molecule has 16 heavy (non-hydrogen) atoms. The maximum absolute atomic E-state index is 4.52. The van der Waals surface area contributed by atoms with Crippen molar-refractivity contribution in [1.82, 2.24) is 15.2 Å². The summed E-state index contributed by atoms with van der Waals surface area (Å²) in [6.07, 6.45) is 4.57. The summed E-state index contributed by atoms with van der Waals surface area (Å²) < 4.78 is 0. The summed E-state index contributed by atoms with van der Waals surface area (Å²) in [7, 11) is 2.05. The Hall–Kier alpha value is -0.450. The van der Waals surface area contributed by atoms with Gasteiger partial charge in [0.15, 0.2) is 0 Å². The maximum atomic E-state index is 4.52. The third-order valence-electron chi connectivity index (χ3n) is 3.44. The molecule has 1 fully saturated rings. The largest absolute Gasteiger partial charge is 0.319 e. The minimum absolute atomic E-state index is 0.534. The Labute approximate surface area is 102 Å². The van der Waals surface area contributed by atoms with Crippen LogP contribution in [0.5, 0.6) is 0 Å². The molecule has 0 amide bonds. The van der Waals surface area contributed by atoms with Gasteiger partial charge in [-0.3, -0.25) is 4.90 Å². The Morgan fingerprint density at radius 3 is 3.12 bits per heavy atom. The van der Waals surface area contributed by atoms with Crippen LogP contribution in [0.4, 0.5) is 0 Å². The zero-order valence-corrected chi connectivity index (χ0v) is 11.0. The number of likely N-dealkylation sites (tertiary alicyclic amines) is 1. The Bertz CT molecular complexity index is 297. The fourth-order valence-electron chi connectivity index (χ4n) is 2.72. The molecule has 2 atom stereocenters. The fraction of sp³-hybridized carbons (Fsp3) is 0.750. The van der Waals surface area contributed by atoms with Gasteiger partial charge in [0.25, 0.3) is 0 Å². The molecule has 2 unspecified atom stereocenters. The number of nitrogens with zero attached hydrogens (tertiary/aromatic N) is 2. The predicted molar refractivity (Wildman–Crippen MR) is 68.8 cm³/mol. The van der Waals surface area contributed by atoms with Crippen LogP contribution in [0.15, 0.2) is 11.6 Å². The monoisotopic (exact) mass is 239 g/mol. The molecule has 1 N–H and O–H groups in total. The summed E-state index contributed by atoms with van der Waals surface area (Å²) in [6.45, 7) is 5.70. The molecule has 0 bridgehead atoms. The minimum atomic E-state index is 0.534. The first-order valence-corrected chi connectivity index (χ1v) is 7.02. The number of piperidine rings is 1. The van der Waals surface area contributed by atoms with Gasteiger partial charge in [0.05, 0.1) is 6.04 Å². The molecule has 1 aliphatic rings. The van der Waals surface area contributed by atoms with E-state index >= 15 is 0 Å². The molecule has 0 radical (unpaired) electrons. The van der Waals surface area contributed by atoms with E-state index in [1.54, 1.807) is 11.3 Å². The van der Waals surface area contributed by atoms with Crippen LogP contribution < -0.4 is 5.32 Å². The molecule has 4 heteroatoms.